The van der Waals surface area contributed by atoms with E-state index < -0.39 is 0 Å². The third-order valence-electron chi connectivity index (χ3n) is 3.32. The Bertz CT molecular complexity index is 215. The molecule has 0 aromatic heterocycles. The fraction of sp³-hybridized carbons (Fsp3) is 0.917. The Morgan fingerprint density at radius 1 is 1.44 bits per heavy atom. The van der Waals surface area contributed by atoms with Gasteiger partial charge in [0, 0.05) is 6.04 Å². The van der Waals surface area contributed by atoms with E-state index in [1.807, 2.05) is 20.9 Å². The zero-order valence-corrected chi connectivity index (χ0v) is 10.7. The van der Waals surface area contributed by atoms with Gasteiger partial charge in [-0.1, -0.05) is 6.92 Å². The fourth-order valence-corrected chi connectivity index (χ4v) is 2.33. The summed E-state index contributed by atoms with van der Waals surface area (Å²) in [5.41, 5.74) is 0. The molecule has 1 aliphatic heterocycles. The Labute approximate surface area is 98.3 Å². The van der Waals surface area contributed by atoms with Gasteiger partial charge in [-0.25, -0.2) is 0 Å². The second kappa shape index (κ2) is 6.86. The zero-order chi connectivity index (χ0) is 12.0. The molecule has 1 saturated heterocycles. The molecule has 1 atom stereocenters. The highest BCUT2D eigenvalue weighted by atomic mass is 16.5. The van der Waals surface area contributed by atoms with E-state index >= 15 is 0 Å². The average molecular weight is 228 g/mol. The molecule has 0 spiro atoms. The topological polar surface area (TPSA) is 41.6 Å². The van der Waals surface area contributed by atoms with E-state index in [0.29, 0.717) is 12.6 Å². The van der Waals surface area contributed by atoms with Gasteiger partial charge in [0.1, 0.15) is 6.04 Å². The molecule has 0 amide bonds. The van der Waals surface area contributed by atoms with Gasteiger partial charge in [0.15, 0.2) is 0 Å². The van der Waals surface area contributed by atoms with Crippen molar-refractivity contribution in [1.29, 1.82) is 0 Å². The third kappa shape index (κ3) is 3.46. The summed E-state index contributed by atoms with van der Waals surface area (Å²) in [5.74, 6) is -0.0777. The second-order valence-electron chi connectivity index (χ2n) is 4.32. The predicted molar refractivity (Wildman–Crippen MR) is 64.4 cm³/mol. The van der Waals surface area contributed by atoms with Crippen LogP contribution in [0.5, 0.6) is 0 Å². The van der Waals surface area contributed by atoms with Gasteiger partial charge in [0.05, 0.1) is 6.61 Å². The van der Waals surface area contributed by atoms with E-state index in [2.05, 4.69) is 10.2 Å². The Kier molecular flexibility index (Phi) is 5.77. The van der Waals surface area contributed by atoms with Gasteiger partial charge in [0.2, 0.25) is 0 Å². The quantitative estimate of drug-likeness (QED) is 0.713. The van der Waals surface area contributed by atoms with Gasteiger partial charge in [-0.15, -0.1) is 0 Å². The number of hydrogen-bond donors (Lipinski definition) is 1. The van der Waals surface area contributed by atoms with E-state index in [4.69, 9.17) is 4.74 Å². The molecule has 1 rings (SSSR count). The lowest BCUT2D eigenvalue weighted by Gasteiger charge is -2.35. The number of ether oxygens (including phenoxy) is 1. The van der Waals surface area contributed by atoms with E-state index in [-0.39, 0.29) is 12.0 Å². The van der Waals surface area contributed by atoms with Crippen molar-refractivity contribution in [2.45, 2.75) is 45.2 Å². The molecule has 0 aromatic carbocycles. The predicted octanol–water partition coefficient (Wildman–Crippen LogP) is 1.01. The average Bonchev–Trinajstić information content (AvgIpc) is 2.31. The standard InChI is InChI=1S/C12H24N2O2/c1-4-11(12(15)16-5-2)14(3)10-6-8-13-9-7-10/h10-11,13H,4-9H2,1-3H3. The zero-order valence-electron chi connectivity index (χ0n) is 10.7. The molecule has 0 bridgehead atoms. The molecule has 0 saturated carbocycles. The normalized spacial score (nSPS) is 19.8. The first-order chi connectivity index (χ1) is 7.70. The van der Waals surface area contributed by atoms with E-state index in [1.54, 1.807) is 0 Å². The van der Waals surface area contributed by atoms with Gasteiger partial charge in [-0.3, -0.25) is 9.69 Å². The van der Waals surface area contributed by atoms with E-state index in [1.165, 1.54) is 0 Å². The molecule has 1 N–H and O–H groups in total. The van der Waals surface area contributed by atoms with Crippen LogP contribution in [0.3, 0.4) is 0 Å². The lowest BCUT2D eigenvalue weighted by molar-refractivity contribution is -0.150. The second-order valence-corrected chi connectivity index (χ2v) is 4.32. The van der Waals surface area contributed by atoms with Crippen LogP contribution < -0.4 is 5.32 Å². The number of esters is 1. The van der Waals surface area contributed by atoms with Crippen LogP contribution in [0.15, 0.2) is 0 Å². The molecular weight excluding hydrogens is 204 g/mol. The molecule has 1 heterocycles. The van der Waals surface area contributed by atoms with Crippen LogP contribution in [0.2, 0.25) is 0 Å². The molecule has 16 heavy (non-hydrogen) atoms. The van der Waals surface area contributed by atoms with Crippen molar-refractivity contribution in [3.8, 4) is 0 Å². The van der Waals surface area contributed by atoms with Gasteiger partial charge >= 0.3 is 5.97 Å². The van der Waals surface area contributed by atoms with Crippen LogP contribution in [-0.2, 0) is 9.53 Å². The van der Waals surface area contributed by atoms with Crippen LogP contribution in [0, 0.1) is 0 Å². The first-order valence-corrected chi connectivity index (χ1v) is 6.30. The highest BCUT2D eigenvalue weighted by Gasteiger charge is 2.28. The van der Waals surface area contributed by atoms with Gasteiger partial charge in [-0.2, -0.15) is 0 Å². The third-order valence-corrected chi connectivity index (χ3v) is 3.32. The van der Waals surface area contributed by atoms with Crippen molar-refractivity contribution < 1.29 is 9.53 Å². The maximum absolute atomic E-state index is 11.8. The number of carbonyl (C=O) groups excluding carboxylic acids is 1. The number of nitrogens with one attached hydrogen (secondary N) is 1. The van der Waals surface area contributed by atoms with E-state index in [0.717, 1.165) is 32.4 Å². The lowest BCUT2D eigenvalue weighted by Crippen LogP contribution is -2.49. The first-order valence-electron chi connectivity index (χ1n) is 6.30. The van der Waals surface area contributed by atoms with E-state index in [9.17, 15) is 4.79 Å². The van der Waals surface area contributed by atoms with Crippen LogP contribution >= 0.6 is 0 Å². The smallest absolute Gasteiger partial charge is 0.323 e. The molecule has 1 unspecified atom stereocenters. The maximum Gasteiger partial charge on any atom is 0.323 e. The monoisotopic (exact) mass is 228 g/mol. The minimum absolute atomic E-state index is 0.0777. The number of hydrogen-bond acceptors (Lipinski definition) is 4. The summed E-state index contributed by atoms with van der Waals surface area (Å²) in [4.78, 5) is 14.0. The number of piperidine rings is 1. The number of nitrogens with zero attached hydrogens (tertiary/aromatic N) is 1. The van der Waals surface area contributed by atoms with Crippen LogP contribution in [0.25, 0.3) is 0 Å². The summed E-state index contributed by atoms with van der Waals surface area (Å²) in [6, 6.07) is 0.429. The molecule has 1 aliphatic rings. The molecule has 0 aliphatic carbocycles. The van der Waals surface area contributed by atoms with Crippen LogP contribution in [0.1, 0.15) is 33.1 Å². The maximum atomic E-state index is 11.8. The summed E-state index contributed by atoms with van der Waals surface area (Å²) in [7, 11) is 2.04. The van der Waals surface area contributed by atoms with Crippen LogP contribution in [0.4, 0.5) is 0 Å². The van der Waals surface area contributed by atoms with Crippen molar-refractivity contribution >= 4 is 5.97 Å². The Hall–Kier alpha value is -0.610. The van der Waals surface area contributed by atoms with Crippen molar-refractivity contribution in [1.82, 2.24) is 10.2 Å². The fourth-order valence-electron chi connectivity index (χ4n) is 2.33. The molecule has 4 heteroatoms. The minimum Gasteiger partial charge on any atom is -0.465 e. The largest absolute Gasteiger partial charge is 0.465 e. The molecule has 94 valence electrons. The Morgan fingerprint density at radius 2 is 2.06 bits per heavy atom. The first kappa shape index (κ1) is 13.5. The van der Waals surface area contributed by atoms with Crippen molar-refractivity contribution in [2.24, 2.45) is 0 Å². The highest BCUT2D eigenvalue weighted by Crippen LogP contribution is 2.15. The van der Waals surface area contributed by atoms with Crippen LogP contribution in [-0.4, -0.2) is 49.7 Å². The summed E-state index contributed by atoms with van der Waals surface area (Å²) >= 11 is 0. The van der Waals surface area contributed by atoms with Gasteiger partial charge in [0.25, 0.3) is 0 Å². The Balaban J connectivity index is 2.53. The summed E-state index contributed by atoms with van der Waals surface area (Å²) < 4.78 is 5.11. The van der Waals surface area contributed by atoms with Crippen molar-refractivity contribution in [3.05, 3.63) is 0 Å². The summed E-state index contributed by atoms with van der Waals surface area (Å²) in [6.07, 6.45) is 3.05. The molecule has 1 fully saturated rings. The summed E-state index contributed by atoms with van der Waals surface area (Å²) in [5, 5.41) is 3.34. The number of rotatable bonds is 5. The lowest BCUT2D eigenvalue weighted by atomic mass is 10.0. The summed E-state index contributed by atoms with van der Waals surface area (Å²) in [6.45, 7) is 6.46. The van der Waals surface area contributed by atoms with Crippen molar-refractivity contribution in [3.63, 3.8) is 0 Å². The number of likely N-dealkylation sites (N-methyl/N-ethyl adjacent to an activating group) is 1. The number of carbonyl (C=O) groups is 1. The molecule has 4 nitrogen and oxygen atoms in total. The molecule has 0 aromatic rings. The highest BCUT2D eigenvalue weighted by molar-refractivity contribution is 5.75. The van der Waals surface area contributed by atoms with Gasteiger partial charge in [-0.05, 0) is 46.3 Å². The SMILES string of the molecule is CCOC(=O)C(CC)N(C)C1CCNCC1. The minimum atomic E-state index is -0.0805. The molecular formula is C12H24N2O2. The van der Waals surface area contributed by atoms with Gasteiger partial charge < -0.3 is 10.1 Å². The molecule has 0 radical (unpaired) electrons. The Morgan fingerprint density at radius 3 is 2.56 bits per heavy atom. The van der Waals surface area contributed by atoms with Crippen molar-refractivity contribution in [2.75, 3.05) is 26.7 Å².